The SMILES string of the molecule is CC1CCN(CC(O)c2ccc(C(F)(F)F)cc2)CC1. The third kappa shape index (κ3) is 3.96. The van der Waals surface area contributed by atoms with Crippen molar-refractivity contribution in [3.8, 4) is 0 Å². The van der Waals surface area contributed by atoms with Crippen molar-refractivity contribution < 1.29 is 18.3 Å². The lowest BCUT2D eigenvalue weighted by Crippen LogP contribution is -2.35. The van der Waals surface area contributed by atoms with E-state index >= 15 is 0 Å². The summed E-state index contributed by atoms with van der Waals surface area (Å²) in [5.74, 6) is 0.717. The molecule has 0 saturated carbocycles. The van der Waals surface area contributed by atoms with Gasteiger partial charge in [-0.1, -0.05) is 19.1 Å². The Kier molecular flexibility index (Phi) is 4.70. The van der Waals surface area contributed by atoms with Gasteiger partial charge in [0.05, 0.1) is 11.7 Å². The maximum atomic E-state index is 12.5. The first-order chi connectivity index (χ1) is 9.36. The summed E-state index contributed by atoms with van der Waals surface area (Å²) in [5.41, 5.74) is -0.142. The maximum absolute atomic E-state index is 12.5. The maximum Gasteiger partial charge on any atom is 0.416 e. The van der Waals surface area contributed by atoms with Crippen LogP contribution >= 0.6 is 0 Å². The van der Waals surface area contributed by atoms with Crippen LogP contribution < -0.4 is 0 Å². The number of benzene rings is 1. The van der Waals surface area contributed by atoms with Crippen LogP contribution in [0.15, 0.2) is 24.3 Å². The van der Waals surface area contributed by atoms with Gasteiger partial charge in [0.1, 0.15) is 0 Å². The number of hydrogen-bond donors (Lipinski definition) is 1. The first-order valence-electron chi connectivity index (χ1n) is 6.94. The molecule has 2 nitrogen and oxygen atoms in total. The fraction of sp³-hybridized carbons (Fsp3) is 0.600. The zero-order chi connectivity index (χ0) is 14.8. The number of halogens is 3. The summed E-state index contributed by atoms with van der Waals surface area (Å²) in [6.07, 6.45) is -2.84. The third-order valence-corrected chi connectivity index (χ3v) is 3.93. The van der Waals surface area contributed by atoms with Gasteiger partial charge in [-0.05, 0) is 49.5 Å². The van der Waals surface area contributed by atoms with Crippen molar-refractivity contribution >= 4 is 0 Å². The number of piperidine rings is 1. The fourth-order valence-electron chi connectivity index (χ4n) is 2.49. The van der Waals surface area contributed by atoms with Crippen molar-refractivity contribution in [1.29, 1.82) is 0 Å². The second-order valence-electron chi connectivity index (χ2n) is 5.62. The molecule has 1 aromatic rings. The zero-order valence-electron chi connectivity index (χ0n) is 11.5. The molecule has 1 fully saturated rings. The molecule has 0 radical (unpaired) electrons. The Morgan fingerprint density at radius 3 is 2.25 bits per heavy atom. The van der Waals surface area contributed by atoms with Crippen LogP contribution in [-0.2, 0) is 6.18 Å². The molecule has 0 spiro atoms. The van der Waals surface area contributed by atoms with Gasteiger partial charge in [0.15, 0.2) is 0 Å². The molecule has 1 aliphatic heterocycles. The topological polar surface area (TPSA) is 23.5 Å². The molecule has 2 rings (SSSR count). The Hall–Kier alpha value is -1.07. The fourth-order valence-corrected chi connectivity index (χ4v) is 2.49. The summed E-state index contributed by atoms with van der Waals surface area (Å²) in [6.45, 7) is 4.58. The van der Waals surface area contributed by atoms with Crippen LogP contribution in [0.5, 0.6) is 0 Å². The van der Waals surface area contributed by atoms with Crippen molar-refractivity contribution in [3.63, 3.8) is 0 Å². The van der Waals surface area contributed by atoms with Gasteiger partial charge in [0.2, 0.25) is 0 Å². The van der Waals surface area contributed by atoms with Crippen molar-refractivity contribution in [2.45, 2.75) is 32.0 Å². The molecule has 1 saturated heterocycles. The Morgan fingerprint density at radius 2 is 1.75 bits per heavy atom. The Bertz CT molecular complexity index is 422. The number of hydrogen-bond acceptors (Lipinski definition) is 2. The van der Waals surface area contributed by atoms with E-state index in [1.54, 1.807) is 0 Å². The van der Waals surface area contributed by atoms with Gasteiger partial charge in [-0.15, -0.1) is 0 Å². The average molecular weight is 287 g/mol. The minimum atomic E-state index is -4.33. The summed E-state index contributed by atoms with van der Waals surface area (Å²) in [6, 6.07) is 4.77. The quantitative estimate of drug-likeness (QED) is 0.920. The minimum Gasteiger partial charge on any atom is -0.387 e. The van der Waals surface area contributed by atoms with Crippen LogP contribution in [0.25, 0.3) is 0 Å². The summed E-state index contributed by atoms with van der Waals surface area (Å²) < 4.78 is 37.4. The number of rotatable bonds is 3. The Balaban J connectivity index is 1.94. The van der Waals surface area contributed by atoms with E-state index in [0.717, 1.165) is 44.0 Å². The molecule has 0 aliphatic carbocycles. The third-order valence-electron chi connectivity index (χ3n) is 3.93. The Labute approximate surface area is 117 Å². The molecule has 1 aromatic carbocycles. The van der Waals surface area contributed by atoms with E-state index in [4.69, 9.17) is 0 Å². The predicted octanol–water partition coefficient (Wildman–Crippen LogP) is 3.47. The van der Waals surface area contributed by atoms with Gasteiger partial charge < -0.3 is 10.0 Å². The van der Waals surface area contributed by atoms with E-state index < -0.39 is 17.8 Å². The molecule has 1 atom stereocenters. The minimum absolute atomic E-state index is 0.484. The molecule has 1 heterocycles. The summed E-state index contributed by atoms with van der Waals surface area (Å²) in [4.78, 5) is 2.17. The summed E-state index contributed by atoms with van der Waals surface area (Å²) in [7, 11) is 0. The van der Waals surface area contributed by atoms with E-state index in [-0.39, 0.29) is 0 Å². The second kappa shape index (κ2) is 6.14. The lowest BCUT2D eigenvalue weighted by Gasteiger charge is -2.31. The summed E-state index contributed by atoms with van der Waals surface area (Å²) >= 11 is 0. The number of alkyl halides is 3. The van der Waals surface area contributed by atoms with Gasteiger partial charge in [0, 0.05) is 6.54 Å². The smallest absolute Gasteiger partial charge is 0.387 e. The van der Waals surface area contributed by atoms with Gasteiger partial charge in [0.25, 0.3) is 0 Å². The van der Waals surface area contributed by atoms with E-state index in [0.29, 0.717) is 12.1 Å². The second-order valence-corrected chi connectivity index (χ2v) is 5.62. The van der Waals surface area contributed by atoms with Crippen LogP contribution in [0.2, 0.25) is 0 Å². The molecule has 1 N–H and O–H groups in total. The normalized spacial score (nSPS) is 20.1. The molecule has 5 heteroatoms. The van der Waals surface area contributed by atoms with E-state index in [1.807, 2.05) is 0 Å². The standard InChI is InChI=1S/C15H20F3NO/c1-11-6-8-19(9-7-11)10-14(20)12-2-4-13(5-3-12)15(16,17)18/h2-5,11,14,20H,6-10H2,1H3. The number of nitrogens with zero attached hydrogens (tertiary/aromatic N) is 1. The number of likely N-dealkylation sites (tertiary alicyclic amines) is 1. The molecule has 1 aliphatic rings. The van der Waals surface area contributed by atoms with Crippen LogP contribution in [0.3, 0.4) is 0 Å². The molecular weight excluding hydrogens is 267 g/mol. The predicted molar refractivity (Wildman–Crippen MR) is 71.2 cm³/mol. The van der Waals surface area contributed by atoms with Gasteiger partial charge in [-0.2, -0.15) is 13.2 Å². The van der Waals surface area contributed by atoms with Crippen molar-refractivity contribution in [1.82, 2.24) is 4.90 Å². The van der Waals surface area contributed by atoms with Gasteiger partial charge in [-0.25, -0.2) is 0 Å². The van der Waals surface area contributed by atoms with Crippen LogP contribution in [0, 0.1) is 5.92 Å². The van der Waals surface area contributed by atoms with Gasteiger partial charge in [-0.3, -0.25) is 0 Å². The van der Waals surface area contributed by atoms with E-state index in [1.165, 1.54) is 12.1 Å². The average Bonchev–Trinajstić information content (AvgIpc) is 2.40. The number of β-amino-alcohol motifs (C(OH)–C–C–N with tert-alkyl or cyclic N) is 1. The highest BCUT2D eigenvalue weighted by Crippen LogP contribution is 2.30. The van der Waals surface area contributed by atoms with E-state index in [9.17, 15) is 18.3 Å². The lowest BCUT2D eigenvalue weighted by molar-refractivity contribution is -0.137. The largest absolute Gasteiger partial charge is 0.416 e. The summed E-state index contributed by atoms with van der Waals surface area (Å²) in [5, 5.41) is 10.1. The van der Waals surface area contributed by atoms with Crippen LogP contribution in [0.1, 0.15) is 37.0 Å². The van der Waals surface area contributed by atoms with Crippen molar-refractivity contribution in [2.24, 2.45) is 5.92 Å². The number of aliphatic hydroxyl groups excluding tert-OH is 1. The molecule has 0 aromatic heterocycles. The van der Waals surface area contributed by atoms with Crippen LogP contribution in [0.4, 0.5) is 13.2 Å². The highest BCUT2D eigenvalue weighted by atomic mass is 19.4. The molecule has 112 valence electrons. The zero-order valence-corrected chi connectivity index (χ0v) is 11.5. The first-order valence-corrected chi connectivity index (χ1v) is 6.94. The van der Waals surface area contributed by atoms with Crippen LogP contribution in [-0.4, -0.2) is 29.6 Å². The molecular formula is C15H20F3NO. The molecule has 0 amide bonds. The Morgan fingerprint density at radius 1 is 1.20 bits per heavy atom. The van der Waals surface area contributed by atoms with Crippen molar-refractivity contribution in [2.75, 3.05) is 19.6 Å². The lowest BCUT2D eigenvalue weighted by atomic mass is 9.98. The molecule has 20 heavy (non-hydrogen) atoms. The first kappa shape index (κ1) is 15.3. The molecule has 0 bridgehead atoms. The highest BCUT2D eigenvalue weighted by molar-refractivity contribution is 5.26. The van der Waals surface area contributed by atoms with Gasteiger partial charge >= 0.3 is 6.18 Å². The molecule has 1 unspecified atom stereocenters. The van der Waals surface area contributed by atoms with E-state index in [2.05, 4.69) is 11.8 Å². The highest BCUT2D eigenvalue weighted by Gasteiger charge is 2.30. The van der Waals surface area contributed by atoms with Crippen molar-refractivity contribution in [3.05, 3.63) is 35.4 Å². The monoisotopic (exact) mass is 287 g/mol. The number of aliphatic hydroxyl groups is 1.